The number of hydrogen-bond acceptors (Lipinski definition) is 3. The van der Waals surface area contributed by atoms with E-state index in [0.29, 0.717) is 12.2 Å². The highest BCUT2D eigenvalue weighted by atomic mass is 19.1. The van der Waals surface area contributed by atoms with E-state index in [-0.39, 0.29) is 5.82 Å². The Morgan fingerprint density at radius 3 is 2.69 bits per heavy atom. The van der Waals surface area contributed by atoms with Gasteiger partial charge in [0.2, 0.25) is 0 Å². The van der Waals surface area contributed by atoms with Gasteiger partial charge < -0.3 is 5.32 Å². The molecular formula is C12H12FN3. The maximum absolute atomic E-state index is 13.5. The molecule has 1 aromatic heterocycles. The molecule has 16 heavy (non-hydrogen) atoms. The number of aryl methyl sites for hydroxylation is 1. The van der Waals surface area contributed by atoms with Crippen molar-refractivity contribution in [2.24, 2.45) is 0 Å². The van der Waals surface area contributed by atoms with Gasteiger partial charge in [0.05, 0.1) is 5.69 Å². The second-order valence-corrected chi connectivity index (χ2v) is 3.53. The summed E-state index contributed by atoms with van der Waals surface area (Å²) >= 11 is 0. The van der Waals surface area contributed by atoms with Gasteiger partial charge in [-0.25, -0.2) is 14.4 Å². The van der Waals surface area contributed by atoms with Crippen molar-refractivity contribution in [3.63, 3.8) is 0 Å². The first-order chi connectivity index (χ1) is 7.77. The molecule has 0 saturated heterocycles. The summed E-state index contributed by atoms with van der Waals surface area (Å²) in [4.78, 5) is 7.79. The number of nitrogens with zero attached hydrogens (tertiary/aromatic N) is 2. The number of para-hydroxylation sites is 1. The second kappa shape index (κ2) is 4.70. The zero-order chi connectivity index (χ0) is 11.4. The molecule has 0 amide bonds. The van der Waals surface area contributed by atoms with Gasteiger partial charge in [-0.15, -0.1) is 0 Å². The van der Waals surface area contributed by atoms with E-state index in [1.807, 2.05) is 13.0 Å². The molecule has 0 aliphatic rings. The Balaban J connectivity index is 2.11. The molecule has 1 heterocycles. The smallest absolute Gasteiger partial charge is 0.146 e. The Morgan fingerprint density at radius 2 is 2.00 bits per heavy atom. The normalized spacial score (nSPS) is 10.1. The van der Waals surface area contributed by atoms with Crippen LogP contribution < -0.4 is 5.32 Å². The van der Waals surface area contributed by atoms with Crippen LogP contribution in [-0.2, 0) is 6.54 Å². The van der Waals surface area contributed by atoms with Crippen molar-refractivity contribution in [2.75, 3.05) is 5.32 Å². The average molecular weight is 217 g/mol. The molecule has 0 aliphatic carbocycles. The summed E-state index contributed by atoms with van der Waals surface area (Å²) in [6.45, 7) is 2.38. The standard InChI is InChI=1S/C12H12FN3/c1-9-3-2-4-11(13)12(9)16-7-10-5-14-8-15-6-10/h2-6,8,16H,7H2,1H3. The Bertz CT molecular complexity index is 451. The van der Waals surface area contributed by atoms with Gasteiger partial charge in [0.25, 0.3) is 0 Å². The minimum atomic E-state index is -0.239. The fraction of sp³-hybridized carbons (Fsp3) is 0.167. The van der Waals surface area contributed by atoms with E-state index >= 15 is 0 Å². The molecule has 3 nitrogen and oxygen atoms in total. The van der Waals surface area contributed by atoms with Crippen molar-refractivity contribution >= 4 is 5.69 Å². The molecule has 0 atom stereocenters. The van der Waals surface area contributed by atoms with Crippen LogP contribution in [0.1, 0.15) is 11.1 Å². The van der Waals surface area contributed by atoms with Crippen LogP contribution in [0.4, 0.5) is 10.1 Å². The van der Waals surface area contributed by atoms with E-state index in [2.05, 4.69) is 15.3 Å². The monoisotopic (exact) mass is 217 g/mol. The first kappa shape index (κ1) is 10.5. The van der Waals surface area contributed by atoms with Gasteiger partial charge >= 0.3 is 0 Å². The highest BCUT2D eigenvalue weighted by molar-refractivity contribution is 5.51. The molecular weight excluding hydrogens is 205 g/mol. The number of hydrogen-bond donors (Lipinski definition) is 1. The minimum absolute atomic E-state index is 0.239. The summed E-state index contributed by atoms with van der Waals surface area (Å²) in [5, 5.41) is 3.04. The highest BCUT2D eigenvalue weighted by Gasteiger charge is 2.04. The summed E-state index contributed by atoms with van der Waals surface area (Å²) in [6, 6.07) is 5.01. The van der Waals surface area contributed by atoms with Gasteiger partial charge in [0.1, 0.15) is 12.1 Å². The molecule has 0 saturated carbocycles. The largest absolute Gasteiger partial charge is 0.378 e. The molecule has 82 valence electrons. The zero-order valence-corrected chi connectivity index (χ0v) is 8.94. The topological polar surface area (TPSA) is 37.8 Å². The molecule has 0 aliphatic heterocycles. The van der Waals surface area contributed by atoms with Crippen LogP contribution in [0.2, 0.25) is 0 Å². The van der Waals surface area contributed by atoms with Gasteiger partial charge in [-0.05, 0) is 18.6 Å². The lowest BCUT2D eigenvalue weighted by Crippen LogP contribution is -2.03. The fourth-order valence-electron chi connectivity index (χ4n) is 1.47. The van der Waals surface area contributed by atoms with Gasteiger partial charge in [-0.2, -0.15) is 0 Å². The number of nitrogens with one attached hydrogen (secondary N) is 1. The molecule has 0 bridgehead atoms. The van der Waals surface area contributed by atoms with Crippen LogP contribution in [0.15, 0.2) is 36.9 Å². The first-order valence-corrected chi connectivity index (χ1v) is 5.00. The molecule has 0 fully saturated rings. The van der Waals surface area contributed by atoms with E-state index in [1.165, 1.54) is 12.4 Å². The number of rotatable bonds is 3. The third-order valence-electron chi connectivity index (χ3n) is 2.31. The van der Waals surface area contributed by atoms with E-state index in [4.69, 9.17) is 0 Å². The lowest BCUT2D eigenvalue weighted by molar-refractivity contribution is 0.629. The van der Waals surface area contributed by atoms with E-state index in [0.717, 1.165) is 11.1 Å². The third-order valence-corrected chi connectivity index (χ3v) is 2.31. The maximum atomic E-state index is 13.5. The van der Waals surface area contributed by atoms with E-state index < -0.39 is 0 Å². The SMILES string of the molecule is Cc1cccc(F)c1NCc1cncnc1. The van der Waals surface area contributed by atoms with Crippen molar-refractivity contribution < 1.29 is 4.39 Å². The summed E-state index contributed by atoms with van der Waals surface area (Å²) in [5.74, 6) is -0.239. The van der Waals surface area contributed by atoms with Crippen LogP contribution in [-0.4, -0.2) is 9.97 Å². The number of benzene rings is 1. The van der Waals surface area contributed by atoms with Crippen molar-refractivity contribution in [3.05, 3.63) is 53.9 Å². The summed E-state index contributed by atoms with van der Waals surface area (Å²) in [6.07, 6.45) is 4.88. The predicted molar refractivity (Wildman–Crippen MR) is 60.5 cm³/mol. The van der Waals surface area contributed by atoms with Crippen molar-refractivity contribution in [1.82, 2.24) is 9.97 Å². The fourth-order valence-corrected chi connectivity index (χ4v) is 1.47. The Morgan fingerprint density at radius 1 is 1.25 bits per heavy atom. The lowest BCUT2D eigenvalue weighted by atomic mass is 10.2. The molecule has 1 aromatic carbocycles. The lowest BCUT2D eigenvalue weighted by Gasteiger charge is -2.09. The van der Waals surface area contributed by atoms with Crippen LogP contribution in [0.5, 0.6) is 0 Å². The Labute approximate surface area is 93.4 Å². The summed E-state index contributed by atoms with van der Waals surface area (Å²) < 4.78 is 13.5. The molecule has 0 unspecified atom stereocenters. The highest BCUT2D eigenvalue weighted by Crippen LogP contribution is 2.19. The van der Waals surface area contributed by atoms with Gasteiger partial charge in [0, 0.05) is 24.5 Å². The first-order valence-electron chi connectivity index (χ1n) is 5.00. The Hall–Kier alpha value is -1.97. The van der Waals surface area contributed by atoms with Crippen LogP contribution >= 0.6 is 0 Å². The average Bonchev–Trinajstić information content (AvgIpc) is 2.30. The van der Waals surface area contributed by atoms with E-state index in [1.54, 1.807) is 18.5 Å². The van der Waals surface area contributed by atoms with Gasteiger partial charge in [0.15, 0.2) is 0 Å². The van der Waals surface area contributed by atoms with Crippen molar-refractivity contribution in [1.29, 1.82) is 0 Å². The summed E-state index contributed by atoms with van der Waals surface area (Å²) in [5.41, 5.74) is 2.34. The van der Waals surface area contributed by atoms with Gasteiger partial charge in [-0.3, -0.25) is 0 Å². The van der Waals surface area contributed by atoms with Crippen LogP contribution in [0.3, 0.4) is 0 Å². The number of aromatic nitrogens is 2. The van der Waals surface area contributed by atoms with Crippen molar-refractivity contribution in [2.45, 2.75) is 13.5 Å². The number of anilines is 1. The molecule has 2 rings (SSSR count). The maximum Gasteiger partial charge on any atom is 0.146 e. The third kappa shape index (κ3) is 2.34. The molecule has 4 heteroatoms. The van der Waals surface area contributed by atoms with Crippen molar-refractivity contribution in [3.8, 4) is 0 Å². The predicted octanol–water partition coefficient (Wildman–Crippen LogP) is 2.54. The molecule has 2 aromatic rings. The number of halogens is 1. The minimum Gasteiger partial charge on any atom is -0.378 e. The molecule has 0 radical (unpaired) electrons. The quantitative estimate of drug-likeness (QED) is 0.858. The zero-order valence-electron chi connectivity index (χ0n) is 8.94. The molecule has 0 spiro atoms. The van der Waals surface area contributed by atoms with Gasteiger partial charge in [-0.1, -0.05) is 12.1 Å². The summed E-state index contributed by atoms with van der Waals surface area (Å²) in [7, 11) is 0. The molecule has 1 N–H and O–H groups in total. The van der Waals surface area contributed by atoms with Crippen LogP contribution in [0.25, 0.3) is 0 Å². The Kier molecular flexibility index (Phi) is 3.10. The van der Waals surface area contributed by atoms with Crippen LogP contribution in [0, 0.1) is 12.7 Å². The van der Waals surface area contributed by atoms with E-state index in [9.17, 15) is 4.39 Å². The second-order valence-electron chi connectivity index (χ2n) is 3.53.